The van der Waals surface area contributed by atoms with E-state index in [0.717, 1.165) is 12.8 Å². The molecule has 0 aliphatic heterocycles. The molecule has 14 heavy (non-hydrogen) atoms. The molecule has 0 aliphatic carbocycles. The second kappa shape index (κ2) is 5.16. The number of unbranched alkanes of at least 4 members (excludes halogenated alkanes) is 1. The van der Waals surface area contributed by atoms with Crippen LogP contribution in [0.15, 0.2) is 18.3 Å². The molecular weight excluding hydrogens is 184 g/mol. The van der Waals surface area contributed by atoms with Crippen LogP contribution in [0, 0.1) is 10.1 Å². The summed E-state index contributed by atoms with van der Waals surface area (Å²) in [5.74, 6) is 0.0227. The standard InChI is InChI=1S/C9H12N2O3/c1-2-3-7-14-8-5-4-6-10-9(8)11(12)13/h4-6H,2-3,7H2,1H3. The maximum Gasteiger partial charge on any atom is 0.406 e. The fourth-order valence-electron chi connectivity index (χ4n) is 0.958. The van der Waals surface area contributed by atoms with E-state index in [1.54, 1.807) is 12.1 Å². The highest BCUT2D eigenvalue weighted by Gasteiger charge is 2.14. The third-order valence-electron chi connectivity index (χ3n) is 1.68. The number of ether oxygens (including phenoxy) is 1. The summed E-state index contributed by atoms with van der Waals surface area (Å²) in [6, 6.07) is 3.18. The molecule has 0 spiro atoms. The van der Waals surface area contributed by atoms with Crippen molar-refractivity contribution in [2.75, 3.05) is 6.61 Å². The minimum Gasteiger partial charge on any atom is -0.486 e. The van der Waals surface area contributed by atoms with Gasteiger partial charge in [0.05, 0.1) is 6.61 Å². The molecule has 1 aromatic rings. The maximum atomic E-state index is 10.5. The Balaban J connectivity index is 2.69. The van der Waals surface area contributed by atoms with Crippen molar-refractivity contribution in [2.45, 2.75) is 19.8 Å². The Morgan fingerprint density at radius 2 is 2.43 bits per heavy atom. The number of aromatic nitrogens is 1. The zero-order valence-electron chi connectivity index (χ0n) is 7.97. The van der Waals surface area contributed by atoms with Gasteiger partial charge in [0.2, 0.25) is 5.75 Å². The van der Waals surface area contributed by atoms with Crippen LogP contribution < -0.4 is 4.74 Å². The average Bonchev–Trinajstić information content (AvgIpc) is 2.19. The number of hydrogen-bond acceptors (Lipinski definition) is 4. The van der Waals surface area contributed by atoms with E-state index < -0.39 is 4.92 Å². The lowest BCUT2D eigenvalue weighted by Crippen LogP contribution is -2.01. The molecule has 0 aromatic carbocycles. The van der Waals surface area contributed by atoms with E-state index in [1.807, 2.05) is 6.92 Å². The highest BCUT2D eigenvalue weighted by Crippen LogP contribution is 2.22. The molecule has 1 aromatic heterocycles. The molecule has 1 heterocycles. The summed E-state index contributed by atoms with van der Waals surface area (Å²) in [5, 5.41) is 10.5. The zero-order chi connectivity index (χ0) is 10.4. The van der Waals surface area contributed by atoms with Crippen LogP contribution in [0.2, 0.25) is 0 Å². The summed E-state index contributed by atoms with van der Waals surface area (Å²) >= 11 is 0. The third kappa shape index (κ3) is 2.69. The molecule has 0 N–H and O–H groups in total. The van der Waals surface area contributed by atoms with Gasteiger partial charge < -0.3 is 14.9 Å². The topological polar surface area (TPSA) is 65.3 Å². The predicted molar refractivity (Wildman–Crippen MR) is 51.3 cm³/mol. The van der Waals surface area contributed by atoms with Crippen molar-refractivity contribution in [1.29, 1.82) is 0 Å². The second-order valence-corrected chi connectivity index (χ2v) is 2.78. The predicted octanol–water partition coefficient (Wildman–Crippen LogP) is 2.17. The van der Waals surface area contributed by atoms with Crippen LogP contribution in [-0.2, 0) is 0 Å². The van der Waals surface area contributed by atoms with E-state index in [-0.39, 0.29) is 11.6 Å². The monoisotopic (exact) mass is 196 g/mol. The van der Waals surface area contributed by atoms with Gasteiger partial charge in [0.15, 0.2) is 0 Å². The molecule has 5 heteroatoms. The molecule has 5 nitrogen and oxygen atoms in total. The van der Waals surface area contributed by atoms with Gasteiger partial charge >= 0.3 is 5.82 Å². The average molecular weight is 196 g/mol. The van der Waals surface area contributed by atoms with E-state index in [0.29, 0.717) is 6.61 Å². The van der Waals surface area contributed by atoms with Crippen LogP contribution in [0.4, 0.5) is 5.82 Å². The normalized spacial score (nSPS) is 9.79. The highest BCUT2D eigenvalue weighted by molar-refractivity contribution is 5.38. The van der Waals surface area contributed by atoms with E-state index in [9.17, 15) is 10.1 Å². The van der Waals surface area contributed by atoms with E-state index in [2.05, 4.69) is 4.98 Å². The maximum absolute atomic E-state index is 10.5. The van der Waals surface area contributed by atoms with E-state index >= 15 is 0 Å². The number of rotatable bonds is 5. The van der Waals surface area contributed by atoms with Gasteiger partial charge in [-0.1, -0.05) is 13.3 Å². The van der Waals surface area contributed by atoms with Crippen molar-refractivity contribution >= 4 is 5.82 Å². The lowest BCUT2D eigenvalue weighted by atomic mass is 10.3. The highest BCUT2D eigenvalue weighted by atomic mass is 16.6. The lowest BCUT2D eigenvalue weighted by molar-refractivity contribution is -0.390. The molecule has 0 saturated carbocycles. The quantitative estimate of drug-likeness (QED) is 0.411. The van der Waals surface area contributed by atoms with Crippen molar-refractivity contribution in [3.8, 4) is 5.75 Å². The first-order valence-corrected chi connectivity index (χ1v) is 4.48. The lowest BCUT2D eigenvalue weighted by Gasteiger charge is -2.04. The SMILES string of the molecule is CCCCOc1cccnc1[N+](=O)[O-]. The van der Waals surface area contributed by atoms with Crippen LogP contribution in [0.3, 0.4) is 0 Å². The Hall–Kier alpha value is -1.65. The van der Waals surface area contributed by atoms with Gasteiger partial charge in [-0.05, 0) is 28.5 Å². The van der Waals surface area contributed by atoms with Crippen LogP contribution in [0.25, 0.3) is 0 Å². The molecule has 0 bridgehead atoms. The van der Waals surface area contributed by atoms with E-state index in [1.165, 1.54) is 6.20 Å². The van der Waals surface area contributed by atoms with E-state index in [4.69, 9.17) is 4.74 Å². The van der Waals surface area contributed by atoms with Gasteiger partial charge in [-0.25, -0.2) is 0 Å². The first-order valence-electron chi connectivity index (χ1n) is 4.48. The molecule has 0 saturated heterocycles. The number of nitrogens with zero attached hydrogens (tertiary/aromatic N) is 2. The molecule has 1 rings (SSSR count). The molecule has 76 valence electrons. The van der Waals surface area contributed by atoms with Crippen LogP contribution in [-0.4, -0.2) is 16.5 Å². The number of hydrogen-bond donors (Lipinski definition) is 0. The Morgan fingerprint density at radius 1 is 1.64 bits per heavy atom. The smallest absolute Gasteiger partial charge is 0.406 e. The molecule has 0 radical (unpaired) electrons. The molecule has 0 atom stereocenters. The van der Waals surface area contributed by atoms with Crippen LogP contribution >= 0.6 is 0 Å². The van der Waals surface area contributed by atoms with Crippen LogP contribution in [0.1, 0.15) is 19.8 Å². The van der Waals surface area contributed by atoms with Crippen LogP contribution in [0.5, 0.6) is 5.75 Å². The second-order valence-electron chi connectivity index (χ2n) is 2.78. The fraction of sp³-hybridized carbons (Fsp3) is 0.444. The van der Waals surface area contributed by atoms with Crippen molar-refractivity contribution < 1.29 is 9.66 Å². The summed E-state index contributed by atoms with van der Waals surface area (Å²) in [6.07, 6.45) is 3.25. The Bertz CT molecular complexity index is 315. The minimum atomic E-state index is -0.540. The summed E-state index contributed by atoms with van der Waals surface area (Å²) in [5.41, 5.74) is 0. The molecule has 0 fully saturated rings. The van der Waals surface area contributed by atoms with Gasteiger partial charge in [0.1, 0.15) is 6.20 Å². The summed E-state index contributed by atoms with van der Waals surface area (Å²) in [7, 11) is 0. The summed E-state index contributed by atoms with van der Waals surface area (Å²) in [4.78, 5) is 13.6. The Kier molecular flexibility index (Phi) is 3.84. The summed E-state index contributed by atoms with van der Waals surface area (Å²) in [6.45, 7) is 2.52. The van der Waals surface area contributed by atoms with Crippen molar-refractivity contribution in [1.82, 2.24) is 4.98 Å². The zero-order valence-corrected chi connectivity index (χ0v) is 7.97. The molecule has 0 amide bonds. The van der Waals surface area contributed by atoms with Gasteiger partial charge in [0, 0.05) is 0 Å². The molecular formula is C9H12N2O3. The Labute approximate surface area is 81.9 Å². The van der Waals surface area contributed by atoms with Gasteiger partial charge in [-0.15, -0.1) is 0 Å². The van der Waals surface area contributed by atoms with Crippen molar-refractivity contribution in [2.24, 2.45) is 0 Å². The summed E-state index contributed by atoms with van der Waals surface area (Å²) < 4.78 is 5.23. The molecule has 0 aliphatic rings. The first-order chi connectivity index (χ1) is 6.75. The first kappa shape index (κ1) is 10.4. The largest absolute Gasteiger partial charge is 0.486 e. The van der Waals surface area contributed by atoms with Gasteiger partial charge in [-0.3, -0.25) is 0 Å². The third-order valence-corrected chi connectivity index (χ3v) is 1.68. The van der Waals surface area contributed by atoms with Crippen molar-refractivity contribution in [3.05, 3.63) is 28.4 Å². The van der Waals surface area contributed by atoms with Gasteiger partial charge in [0.25, 0.3) is 0 Å². The Morgan fingerprint density at radius 3 is 3.07 bits per heavy atom. The van der Waals surface area contributed by atoms with Crippen molar-refractivity contribution in [3.63, 3.8) is 0 Å². The minimum absolute atomic E-state index is 0.219. The number of pyridine rings is 1. The fourth-order valence-corrected chi connectivity index (χ4v) is 0.958. The van der Waals surface area contributed by atoms with Gasteiger partial charge in [-0.2, -0.15) is 0 Å². The molecule has 0 unspecified atom stereocenters. The number of nitro groups is 1.